The predicted molar refractivity (Wildman–Crippen MR) is 131 cm³/mol. The van der Waals surface area contributed by atoms with Crippen molar-refractivity contribution >= 4 is 15.7 Å². The van der Waals surface area contributed by atoms with Crippen molar-refractivity contribution in [3.63, 3.8) is 0 Å². The molecule has 0 atom stereocenters. The van der Waals surface area contributed by atoms with Gasteiger partial charge >= 0.3 is 0 Å². The highest BCUT2D eigenvalue weighted by molar-refractivity contribution is 7.92. The monoisotopic (exact) mass is 477 g/mol. The summed E-state index contributed by atoms with van der Waals surface area (Å²) < 4.78 is 35.8. The summed E-state index contributed by atoms with van der Waals surface area (Å²) in [5.74, 6) is 2.06. The van der Waals surface area contributed by atoms with E-state index in [9.17, 15) is 8.42 Å². The predicted octanol–water partition coefficient (Wildman–Crippen LogP) is 5.11. The Hall–Kier alpha value is -3.72. The summed E-state index contributed by atoms with van der Waals surface area (Å²) in [5.41, 5.74) is 5.44. The topological polar surface area (TPSA) is 99.0 Å². The number of nitrogens with one attached hydrogen (secondary N) is 1. The first-order valence-corrected chi connectivity index (χ1v) is 12.3. The third-order valence-electron chi connectivity index (χ3n) is 5.79. The number of rotatable bonds is 6. The molecule has 2 heterocycles. The van der Waals surface area contributed by atoms with E-state index in [1.165, 1.54) is 0 Å². The minimum absolute atomic E-state index is 0.222. The summed E-state index contributed by atoms with van der Waals surface area (Å²) in [6.45, 7) is 11.6. The zero-order valence-corrected chi connectivity index (χ0v) is 20.9. The summed E-state index contributed by atoms with van der Waals surface area (Å²) in [6.07, 6.45) is 0. The number of hydrogen-bond donors (Lipinski definition) is 1. The van der Waals surface area contributed by atoms with E-state index in [1.807, 2.05) is 34.6 Å². The van der Waals surface area contributed by atoms with Crippen molar-refractivity contribution in [3.05, 3.63) is 82.4 Å². The van der Waals surface area contributed by atoms with Crippen LogP contribution in [-0.2, 0) is 10.0 Å². The van der Waals surface area contributed by atoms with Crippen LogP contribution in [0.3, 0.4) is 0 Å². The molecule has 4 aromatic rings. The number of sulfonamides is 1. The molecule has 0 saturated heterocycles. The van der Waals surface area contributed by atoms with E-state index in [1.54, 1.807) is 60.1 Å². The lowest BCUT2D eigenvalue weighted by Crippen LogP contribution is -2.13. The number of ether oxygens (including phenoxy) is 1. The lowest BCUT2D eigenvalue weighted by molar-refractivity contribution is 0.459. The molecule has 0 spiro atoms. The van der Waals surface area contributed by atoms with Crippen molar-refractivity contribution in [1.29, 1.82) is 0 Å². The van der Waals surface area contributed by atoms with Gasteiger partial charge < -0.3 is 4.74 Å². The Labute approximate surface area is 199 Å². The van der Waals surface area contributed by atoms with Crippen LogP contribution in [0, 0.1) is 41.5 Å². The molecule has 0 bridgehead atoms. The fraction of sp³-hybridized carbons (Fsp3) is 0.240. The van der Waals surface area contributed by atoms with Crippen LogP contribution in [-0.4, -0.2) is 28.2 Å². The summed E-state index contributed by atoms with van der Waals surface area (Å²) in [5, 5.41) is 4.56. The maximum atomic E-state index is 12.7. The van der Waals surface area contributed by atoms with Crippen LogP contribution in [0.25, 0.3) is 5.82 Å². The Bertz CT molecular complexity index is 1480. The van der Waals surface area contributed by atoms with E-state index in [2.05, 4.69) is 19.8 Å². The van der Waals surface area contributed by atoms with E-state index < -0.39 is 10.0 Å². The summed E-state index contributed by atoms with van der Waals surface area (Å²) in [6, 6.07) is 13.4. The van der Waals surface area contributed by atoms with Crippen molar-refractivity contribution in [1.82, 2.24) is 19.7 Å². The number of aromatic nitrogens is 4. The van der Waals surface area contributed by atoms with E-state index in [-0.39, 0.29) is 4.90 Å². The first-order chi connectivity index (χ1) is 16.0. The smallest absolute Gasteiger partial charge is 0.261 e. The van der Waals surface area contributed by atoms with Gasteiger partial charge in [0.25, 0.3) is 10.0 Å². The van der Waals surface area contributed by atoms with Gasteiger partial charge in [-0.3, -0.25) is 4.72 Å². The average molecular weight is 478 g/mol. The van der Waals surface area contributed by atoms with Gasteiger partial charge in [0.05, 0.1) is 10.6 Å². The Morgan fingerprint density at radius 3 is 2.18 bits per heavy atom. The summed E-state index contributed by atoms with van der Waals surface area (Å²) in [7, 11) is -3.69. The third kappa shape index (κ3) is 4.79. The number of anilines is 1. The number of hydrogen-bond acceptors (Lipinski definition) is 6. The molecular weight excluding hydrogens is 450 g/mol. The Morgan fingerprint density at radius 2 is 1.56 bits per heavy atom. The normalized spacial score (nSPS) is 11.5. The molecule has 0 unspecified atom stereocenters. The van der Waals surface area contributed by atoms with Crippen LogP contribution >= 0.6 is 0 Å². The van der Waals surface area contributed by atoms with Crippen molar-refractivity contribution in [3.8, 4) is 17.4 Å². The molecule has 0 fully saturated rings. The Kier molecular flexibility index (Phi) is 6.14. The fourth-order valence-electron chi connectivity index (χ4n) is 3.44. The molecule has 2 aromatic carbocycles. The van der Waals surface area contributed by atoms with Gasteiger partial charge in [-0.1, -0.05) is 6.07 Å². The highest BCUT2D eigenvalue weighted by Crippen LogP contribution is 2.25. The number of nitrogens with zero attached hydrogens (tertiary/aromatic N) is 4. The molecular formula is C25H27N5O3S. The molecule has 0 radical (unpaired) electrons. The molecule has 0 aliphatic carbocycles. The fourth-order valence-corrected chi connectivity index (χ4v) is 4.58. The lowest BCUT2D eigenvalue weighted by atomic mass is 10.1. The number of aryl methyl sites for hydroxylation is 4. The molecule has 0 saturated carbocycles. The second-order valence-electron chi connectivity index (χ2n) is 8.30. The second-order valence-corrected chi connectivity index (χ2v) is 9.98. The molecule has 9 heteroatoms. The van der Waals surface area contributed by atoms with Crippen molar-refractivity contribution in [2.75, 3.05) is 4.72 Å². The molecule has 176 valence electrons. The molecule has 0 aliphatic rings. The van der Waals surface area contributed by atoms with Crippen molar-refractivity contribution in [2.45, 2.75) is 46.4 Å². The minimum Gasteiger partial charge on any atom is -0.439 e. The lowest BCUT2D eigenvalue weighted by Gasteiger charge is -2.11. The van der Waals surface area contributed by atoms with E-state index in [4.69, 9.17) is 4.74 Å². The van der Waals surface area contributed by atoms with Gasteiger partial charge in [-0.15, -0.1) is 0 Å². The van der Waals surface area contributed by atoms with E-state index >= 15 is 0 Å². The Morgan fingerprint density at radius 1 is 0.853 bits per heavy atom. The van der Waals surface area contributed by atoms with Gasteiger partial charge in [-0.05, 0) is 94.6 Å². The summed E-state index contributed by atoms with van der Waals surface area (Å²) in [4.78, 5) is 9.07. The van der Waals surface area contributed by atoms with Crippen molar-refractivity contribution in [2.24, 2.45) is 0 Å². The van der Waals surface area contributed by atoms with Crippen LogP contribution in [0.2, 0.25) is 0 Å². The van der Waals surface area contributed by atoms with Gasteiger partial charge in [0.1, 0.15) is 11.6 Å². The standard InChI is InChI=1S/C25H27N5O3S/c1-15-7-12-23(13-16(15)2)34(31,32)29-21-8-10-22(11-9-21)33-25-14-24(26-20(6)27-25)30-19(5)17(3)18(4)28-30/h7-14,29H,1-6H3. The van der Waals surface area contributed by atoms with Gasteiger partial charge in [-0.2, -0.15) is 10.1 Å². The van der Waals surface area contributed by atoms with E-state index in [0.717, 1.165) is 28.1 Å². The molecule has 1 N–H and O–H groups in total. The van der Waals surface area contributed by atoms with Gasteiger partial charge in [-0.25, -0.2) is 18.1 Å². The second kappa shape index (κ2) is 8.90. The SMILES string of the molecule is Cc1nc(Oc2ccc(NS(=O)(=O)c3ccc(C)c(C)c3)cc2)cc(-n2nc(C)c(C)c2C)n1. The molecule has 8 nitrogen and oxygen atoms in total. The van der Waals surface area contributed by atoms with E-state index in [0.29, 0.717) is 29.0 Å². The maximum absolute atomic E-state index is 12.7. The Balaban J connectivity index is 1.53. The molecule has 34 heavy (non-hydrogen) atoms. The number of benzene rings is 2. The zero-order chi connectivity index (χ0) is 24.6. The largest absolute Gasteiger partial charge is 0.439 e. The van der Waals surface area contributed by atoms with Crippen LogP contribution in [0.15, 0.2) is 53.4 Å². The third-order valence-corrected chi connectivity index (χ3v) is 7.17. The quantitative estimate of drug-likeness (QED) is 0.414. The van der Waals surface area contributed by atoms with Gasteiger partial charge in [0.15, 0.2) is 5.82 Å². The average Bonchev–Trinajstić information content (AvgIpc) is 3.03. The maximum Gasteiger partial charge on any atom is 0.261 e. The van der Waals surface area contributed by atoms with Crippen LogP contribution < -0.4 is 9.46 Å². The van der Waals surface area contributed by atoms with Crippen molar-refractivity contribution < 1.29 is 13.2 Å². The van der Waals surface area contributed by atoms with Crippen LogP contribution in [0.5, 0.6) is 11.6 Å². The zero-order valence-electron chi connectivity index (χ0n) is 20.0. The minimum atomic E-state index is -3.69. The molecule has 4 rings (SSSR count). The molecule has 2 aromatic heterocycles. The van der Waals surface area contributed by atoms with Crippen LogP contribution in [0.1, 0.15) is 33.9 Å². The van der Waals surface area contributed by atoms with Gasteiger partial charge in [0, 0.05) is 17.4 Å². The highest BCUT2D eigenvalue weighted by Gasteiger charge is 2.16. The summed E-state index contributed by atoms with van der Waals surface area (Å²) >= 11 is 0. The molecule has 0 amide bonds. The molecule has 0 aliphatic heterocycles. The first kappa shape index (κ1) is 23.4. The van der Waals surface area contributed by atoms with Gasteiger partial charge in [0.2, 0.25) is 5.88 Å². The highest BCUT2D eigenvalue weighted by atomic mass is 32.2. The van der Waals surface area contributed by atoms with Crippen LogP contribution in [0.4, 0.5) is 5.69 Å². The first-order valence-electron chi connectivity index (χ1n) is 10.8.